The van der Waals surface area contributed by atoms with Gasteiger partial charge in [0.25, 0.3) is 0 Å². The molecule has 0 amide bonds. The molecule has 0 aliphatic rings. The minimum absolute atomic E-state index is 0.0972. The fraction of sp³-hybridized carbons (Fsp3) is 0.333. The third kappa shape index (κ3) is 11.2. The van der Waals surface area contributed by atoms with Crippen LogP contribution >= 0.6 is 15.6 Å². The molecular weight excluding hydrogens is 312 g/mol. The lowest BCUT2D eigenvalue weighted by Gasteiger charge is -2.12. The van der Waals surface area contributed by atoms with E-state index in [1.54, 1.807) is 30.3 Å². The molecule has 1 atom stereocenters. The van der Waals surface area contributed by atoms with Gasteiger partial charge in [-0.2, -0.15) is 4.31 Å². The van der Waals surface area contributed by atoms with Crippen LogP contribution < -0.4 is 5.73 Å². The highest BCUT2D eigenvalue weighted by molar-refractivity contribution is 7.60. The van der Waals surface area contributed by atoms with Crippen molar-refractivity contribution in [3.8, 4) is 0 Å². The topological polar surface area (TPSA) is 160 Å². The molecule has 1 rings (SSSR count). The Morgan fingerprint density at radius 2 is 1.60 bits per heavy atom. The van der Waals surface area contributed by atoms with Crippen LogP contribution in [0, 0.1) is 0 Å². The molecule has 116 valence electrons. The fourth-order valence-electron chi connectivity index (χ4n) is 0.888. The Morgan fingerprint density at radius 3 is 2.00 bits per heavy atom. The Bertz CT molecular complexity index is 460. The number of rotatable bonds is 6. The van der Waals surface area contributed by atoms with Crippen molar-refractivity contribution in [1.82, 2.24) is 0 Å². The van der Waals surface area contributed by atoms with Crippen molar-refractivity contribution >= 4 is 15.6 Å². The van der Waals surface area contributed by atoms with Crippen molar-refractivity contribution in [2.75, 3.05) is 13.2 Å². The van der Waals surface area contributed by atoms with Crippen LogP contribution in [0.15, 0.2) is 30.3 Å². The first kappa shape index (κ1) is 19.4. The van der Waals surface area contributed by atoms with Gasteiger partial charge in [0.1, 0.15) is 0 Å². The van der Waals surface area contributed by atoms with Crippen LogP contribution in [0.4, 0.5) is 0 Å². The highest BCUT2D eigenvalue weighted by atomic mass is 31.3. The first-order valence-electron chi connectivity index (χ1n) is 5.29. The van der Waals surface area contributed by atoms with Gasteiger partial charge < -0.3 is 25.5 Å². The van der Waals surface area contributed by atoms with Crippen molar-refractivity contribution in [3.63, 3.8) is 0 Å². The largest absolute Gasteiger partial charge is 0.481 e. The van der Waals surface area contributed by atoms with Crippen LogP contribution in [0.5, 0.6) is 0 Å². The van der Waals surface area contributed by atoms with Crippen molar-refractivity contribution in [2.24, 2.45) is 5.73 Å². The van der Waals surface area contributed by atoms with Crippen molar-refractivity contribution < 1.29 is 37.8 Å². The van der Waals surface area contributed by atoms with Gasteiger partial charge in [0.2, 0.25) is 0 Å². The van der Waals surface area contributed by atoms with Crippen LogP contribution in [0.1, 0.15) is 5.56 Å². The zero-order valence-corrected chi connectivity index (χ0v) is 12.2. The third-order valence-electron chi connectivity index (χ3n) is 1.58. The molecule has 0 radical (unpaired) electrons. The molecule has 0 aliphatic heterocycles. The van der Waals surface area contributed by atoms with E-state index >= 15 is 0 Å². The molecule has 0 spiro atoms. The second-order valence-electron chi connectivity index (χ2n) is 3.31. The molecule has 1 aromatic carbocycles. The molecule has 20 heavy (non-hydrogen) atoms. The van der Waals surface area contributed by atoms with E-state index in [-0.39, 0.29) is 13.2 Å². The molecule has 1 aromatic rings. The second kappa shape index (κ2) is 9.36. The highest BCUT2D eigenvalue weighted by Crippen LogP contribution is 2.57. The quantitative estimate of drug-likeness (QED) is 0.464. The highest BCUT2D eigenvalue weighted by Gasteiger charge is 2.32. The van der Waals surface area contributed by atoms with Crippen LogP contribution in [-0.4, -0.2) is 32.9 Å². The summed E-state index contributed by atoms with van der Waals surface area (Å²) in [4.78, 5) is 25.6. The average Bonchev–Trinajstić information content (AvgIpc) is 2.35. The first-order chi connectivity index (χ1) is 9.20. The van der Waals surface area contributed by atoms with E-state index in [4.69, 9.17) is 25.5 Å². The van der Waals surface area contributed by atoms with Crippen molar-refractivity contribution in [3.05, 3.63) is 35.9 Å². The molecule has 11 heteroatoms. The predicted octanol–water partition coefficient (Wildman–Crippen LogP) is 0.350. The first-order valence-corrected chi connectivity index (χ1v) is 8.32. The Kier molecular flexibility index (Phi) is 9.08. The molecule has 9 nitrogen and oxygen atoms in total. The lowest BCUT2D eigenvalue weighted by molar-refractivity contribution is 0.172. The van der Waals surface area contributed by atoms with Crippen LogP contribution in [0.3, 0.4) is 0 Å². The number of phosphoric ester groups is 1. The smallest absolute Gasteiger partial charge is 0.395 e. The van der Waals surface area contributed by atoms with Gasteiger partial charge in [0, 0.05) is 6.54 Å². The average molecular weight is 329 g/mol. The van der Waals surface area contributed by atoms with Crippen LogP contribution in [-0.2, 0) is 24.6 Å². The van der Waals surface area contributed by atoms with Gasteiger partial charge in [-0.1, -0.05) is 30.3 Å². The third-order valence-corrected chi connectivity index (χ3v) is 3.71. The predicted molar refractivity (Wildman–Crippen MR) is 70.3 cm³/mol. The van der Waals surface area contributed by atoms with Gasteiger partial charge in [0.15, 0.2) is 0 Å². The summed E-state index contributed by atoms with van der Waals surface area (Å²) >= 11 is 0. The van der Waals surface area contributed by atoms with Gasteiger partial charge >= 0.3 is 15.6 Å². The Morgan fingerprint density at radius 1 is 1.10 bits per heavy atom. The summed E-state index contributed by atoms with van der Waals surface area (Å²) in [5.74, 6) is 0. The Hall–Kier alpha value is -0.600. The minimum atomic E-state index is -5.05. The van der Waals surface area contributed by atoms with Gasteiger partial charge in [-0.25, -0.2) is 9.13 Å². The van der Waals surface area contributed by atoms with Crippen molar-refractivity contribution in [2.45, 2.75) is 6.61 Å². The van der Waals surface area contributed by atoms with Gasteiger partial charge in [-0.15, -0.1) is 0 Å². The zero-order chi connectivity index (χ0) is 15.6. The van der Waals surface area contributed by atoms with Gasteiger partial charge in [-0.05, 0) is 5.56 Å². The number of hydrogen-bond acceptors (Lipinski definition) is 6. The minimum Gasteiger partial charge on any atom is -0.395 e. The molecule has 0 heterocycles. The molecule has 0 saturated heterocycles. The summed E-state index contributed by atoms with van der Waals surface area (Å²) in [5.41, 5.74) is 5.35. The van der Waals surface area contributed by atoms with Crippen molar-refractivity contribution in [1.29, 1.82) is 0 Å². The van der Waals surface area contributed by atoms with Gasteiger partial charge in [-0.3, -0.25) is 4.52 Å². The monoisotopic (exact) mass is 329 g/mol. The molecule has 6 N–H and O–H groups in total. The number of benzene rings is 1. The molecule has 0 aliphatic carbocycles. The van der Waals surface area contributed by atoms with E-state index in [9.17, 15) is 9.13 Å². The second-order valence-corrected chi connectivity index (χ2v) is 6.14. The van der Waals surface area contributed by atoms with E-state index < -0.39 is 15.6 Å². The summed E-state index contributed by atoms with van der Waals surface area (Å²) in [5, 5.41) is 7.75. The normalized spacial score (nSPS) is 14.1. The maximum absolute atomic E-state index is 11.0. The number of hydrogen-bond donors (Lipinski definition) is 5. The van der Waals surface area contributed by atoms with E-state index in [0.29, 0.717) is 12.1 Å². The van der Waals surface area contributed by atoms with Crippen LogP contribution in [0.2, 0.25) is 0 Å². The summed E-state index contributed by atoms with van der Waals surface area (Å²) in [6.45, 7) is 0.189. The summed E-state index contributed by atoms with van der Waals surface area (Å²) in [6, 6.07) is 8.36. The van der Waals surface area contributed by atoms with E-state index in [1.165, 1.54) is 0 Å². The Balaban J connectivity index is 0.000000796. The molecule has 0 bridgehead atoms. The zero-order valence-electron chi connectivity index (χ0n) is 10.4. The van der Waals surface area contributed by atoms with E-state index in [0.717, 1.165) is 0 Å². The molecule has 0 saturated carbocycles. The maximum atomic E-state index is 11.0. The van der Waals surface area contributed by atoms with E-state index in [1.807, 2.05) is 0 Å². The standard InChI is InChI=1S/C7H10O7P2.C2H7NO/c8-15(9,10)14-16(11,12)13-6-7-4-2-1-3-5-7;3-1-2-4/h1-5H,6H2,(H,11,12)(H2,8,9,10);4H,1-3H2. The number of phosphoric acid groups is 2. The summed E-state index contributed by atoms with van der Waals surface area (Å²) in [6.07, 6.45) is 0. The fourth-order valence-corrected chi connectivity index (χ4v) is 2.46. The van der Waals surface area contributed by atoms with Crippen LogP contribution in [0.25, 0.3) is 0 Å². The summed E-state index contributed by atoms with van der Waals surface area (Å²) < 4.78 is 29.3. The number of aliphatic hydroxyl groups excluding tert-OH is 1. The number of aliphatic hydroxyl groups is 1. The Labute approximate surface area is 115 Å². The van der Waals surface area contributed by atoms with Gasteiger partial charge in [0.05, 0.1) is 13.2 Å². The molecule has 0 fully saturated rings. The molecule has 1 unspecified atom stereocenters. The molecular formula is C9H17NO8P2. The lowest BCUT2D eigenvalue weighted by atomic mass is 10.2. The maximum Gasteiger partial charge on any atom is 0.481 e. The molecule has 0 aromatic heterocycles. The lowest BCUT2D eigenvalue weighted by Crippen LogP contribution is -2.02. The SMILES string of the molecule is NCCO.O=P(O)(O)OP(=O)(O)OCc1ccccc1. The summed E-state index contributed by atoms with van der Waals surface area (Å²) in [7, 11) is -9.79. The number of nitrogens with two attached hydrogens (primary N) is 1. The van der Waals surface area contributed by atoms with E-state index in [2.05, 4.69) is 8.83 Å².